The summed E-state index contributed by atoms with van der Waals surface area (Å²) in [6, 6.07) is 8.88. The molecule has 10 nitrogen and oxygen atoms in total. The van der Waals surface area contributed by atoms with Gasteiger partial charge in [-0.3, -0.25) is 9.59 Å². The summed E-state index contributed by atoms with van der Waals surface area (Å²) in [5.74, 6) is -0.604. The molecule has 1 aromatic heterocycles. The normalized spacial score (nSPS) is 16.2. The van der Waals surface area contributed by atoms with E-state index in [1.807, 2.05) is 43.9 Å². The van der Waals surface area contributed by atoms with Gasteiger partial charge >= 0.3 is 12.0 Å². The zero-order chi connectivity index (χ0) is 26.1. The molecule has 3 amide bonds. The lowest BCUT2D eigenvalue weighted by Gasteiger charge is -2.18. The lowest BCUT2D eigenvalue weighted by molar-refractivity contribution is -0.137. The first-order valence-electron chi connectivity index (χ1n) is 12.2. The van der Waals surface area contributed by atoms with E-state index >= 15 is 0 Å². The Labute approximate surface area is 211 Å². The number of hydrogen-bond donors (Lipinski definition) is 4. The molecular weight excluding hydrogens is 462 g/mol. The molecule has 4 N–H and O–H groups in total. The van der Waals surface area contributed by atoms with Crippen molar-refractivity contribution in [2.75, 3.05) is 25.0 Å². The number of nitrogens with zero attached hydrogens (tertiary/aromatic N) is 2. The number of anilines is 1. The van der Waals surface area contributed by atoms with Gasteiger partial charge in [-0.15, -0.1) is 0 Å². The van der Waals surface area contributed by atoms with E-state index in [4.69, 9.17) is 9.84 Å². The van der Waals surface area contributed by atoms with Crippen molar-refractivity contribution < 1.29 is 24.2 Å². The highest BCUT2D eigenvalue weighted by atomic mass is 16.5. The molecule has 194 valence electrons. The molecule has 10 heteroatoms. The van der Waals surface area contributed by atoms with Gasteiger partial charge in [0.15, 0.2) is 6.10 Å². The molecular formula is C26H35N5O5. The van der Waals surface area contributed by atoms with Crippen LogP contribution >= 0.6 is 0 Å². The first-order valence-corrected chi connectivity index (χ1v) is 12.2. The van der Waals surface area contributed by atoms with Crippen LogP contribution in [0.4, 0.5) is 10.5 Å². The van der Waals surface area contributed by atoms with Crippen molar-refractivity contribution in [1.82, 2.24) is 20.5 Å². The van der Waals surface area contributed by atoms with E-state index in [9.17, 15) is 14.4 Å². The van der Waals surface area contributed by atoms with Crippen LogP contribution in [0.1, 0.15) is 42.9 Å². The van der Waals surface area contributed by atoms with Gasteiger partial charge < -0.3 is 30.7 Å². The highest BCUT2D eigenvalue weighted by molar-refractivity contribution is 5.89. The molecule has 1 saturated heterocycles. The molecule has 1 fully saturated rings. The minimum Gasteiger partial charge on any atom is -0.481 e. The van der Waals surface area contributed by atoms with E-state index in [2.05, 4.69) is 20.9 Å². The van der Waals surface area contributed by atoms with Crippen LogP contribution in [0.5, 0.6) is 5.88 Å². The minimum atomic E-state index is -0.823. The number of carboxylic acid groups (broad SMARTS) is 1. The summed E-state index contributed by atoms with van der Waals surface area (Å²) in [6.07, 6.45) is 2.42. The lowest BCUT2D eigenvalue weighted by atomic mass is 10.2. The monoisotopic (exact) mass is 497 g/mol. The van der Waals surface area contributed by atoms with E-state index in [0.29, 0.717) is 31.1 Å². The Kier molecular flexibility index (Phi) is 9.63. The number of carboxylic acids is 1. The van der Waals surface area contributed by atoms with Crippen LogP contribution in [0.2, 0.25) is 0 Å². The van der Waals surface area contributed by atoms with Crippen LogP contribution in [-0.4, -0.2) is 64.7 Å². The van der Waals surface area contributed by atoms with Crippen LogP contribution in [0.25, 0.3) is 0 Å². The Morgan fingerprint density at radius 1 is 1.25 bits per heavy atom. The third-order valence-electron chi connectivity index (χ3n) is 5.99. The van der Waals surface area contributed by atoms with Crippen molar-refractivity contribution in [3.63, 3.8) is 0 Å². The molecule has 2 atom stereocenters. The van der Waals surface area contributed by atoms with E-state index in [1.54, 1.807) is 18.3 Å². The minimum absolute atomic E-state index is 0.0288. The van der Waals surface area contributed by atoms with E-state index < -0.39 is 12.1 Å². The van der Waals surface area contributed by atoms with Gasteiger partial charge in [0.25, 0.3) is 5.91 Å². The standard InChI is InChI=1S/C26H35N5O5/c1-4-22(36-25-18(3)12-17(2)14-28-25)24(34)27-15-19-6-5-7-20(13-19)29-26(35)30-21-8-10-31(16-21)11-9-23(32)33/h5-7,12-14,21-22H,4,8-11,15-16H2,1-3H3,(H,27,34)(H,32,33)(H2,29,30,35)/t21?,22-/m1/s1. The van der Waals surface area contributed by atoms with Crippen molar-refractivity contribution >= 4 is 23.6 Å². The third kappa shape index (κ3) is 8.23. The Morgan fingerprint density at radius 3 is 2.78 bits per heavy atom. The summed E-state index contributed by atoms with van der Waals surface area (Å²) < 4.78 is 5.85. The van der Waals surface area contributed by atoms with Gasteiger partial charge in [-0.2, -0.15) is 0 Å². The van der Waals surface area contributed by atoms with Crippen molar-refractivity contribution in [2.45, 2.75) is 58.7 Å². The maximum atomic E-state index is 12.7. The second kappa shape index (κ2) is 12.9. The number of rotatable bonds is 11. The molecule has 1 aliphatic heterocycles. The molecule has 0 radical (unpaired) electrons. The molecule has 1 aliphatic rings. The molecule has 0 bridgehead atoms. The average molecular weight is 498 g/mol. The summed E-state index contributed by atoms with van der Waals surface area (Å²) in [5, 5.41) is 17.5. The zero-order valence-electron chi connectivity index (χ0n) is 21.0. The van der Waals surface area contributed by atoms with Crippen molar-refractivity contribution in [3.8, 4) is 5.88 Å². The largest absolute Gasteiger partial charge is 0.481 e. The maximum absolute atomic E-state index is 12.7. The zero-order valence-corrected chi connectivity index (χ0v) is 21.0. The highest BCUT2D eigenvalue weighted by Gasteiger charge is 2.24. The number of carbonyl (C=O) groups excluding carboxylic acids is 2. The molecule has 36 heavy (non-hydrogen) atoms. The van der Waals surface area contributed by atoms with Gasteiger partial charge in [-0.05, 0) is 56.0 Å². The van der Waals surface area contributed by atoms with Crippen molar-refractivity contribution in [2.24, 2.45) is 0 Å². The highest BCUT2D eigenvalue weighted by Crippen LogP contribution is 2.18. The first kappa shape index (κ1) is 26.9. The van der Waals surface area contributed by atoms with E-state index in [0.717, 1.165) is 29.7 Å². The summed E-state index contributed by atoms with van der Waals surface area (Å²) in [5.41, 5.74) is 3.36. The van der Waals surface area contributed by atoms with Gasteiger partial charge in [-0.1, -0.05) is 19.1 Å². The maximum Gasteiger partial charge on any atom is 0.319 e. The van der Waals surface area contributed by atoms with Crippen LogP contribution in [0.15, 0.2) is 36.5 Å². The number of amides is 3. The SMILES string of the molecule is CC[C@@H](Oc1ncc(C)cc1C)C(=O)NCc1cccc(NC(=O)NC2CCN(CCC(=O)O)C2)c1. The number of likely N-dealkylation sites (tertiary alicyclic amines) is 1. The van der Waals surface area contributed by atoms with Crippen LogP contribution in [0, 0.1) is 13.8 Å². The van der Waals surface area contributed by atoms with Gasteiger partial charge in [0.1, 0.15) is 0 Å². The Morgan fingerprint density at radius 2 is 2.06 bits per heavy atom. The fourth-order valence-corrected chi connectivity index (χ4v) is 4.11. The lowest BCUT2D eigenvalue weighted by Crippen LogP contribution is -2.40. The second-order valence-corrected chi connectivity index (χ2v) is 9.10. The second-order valence-electron chi connectivity index (χ2n) is 9.10. The predicted octanol–water partition coefficient (Wildman–Crippen LogP) is 2.84. The molecule has 0 saturated carbocycles. The van der Waals surface area contributed by atoms with Crippen molar-refractivity contribution in [3.05, 3.63) is 53.2 Å². The summed E-state index contributed by atoms with van der Waals surface area (Å²) in [7, 11) is 0. The Bertz CT molecular complexity index is 1080. The van der Waals surface area contributed by atoms with Gasteiger partial charge in [0.2, 0.25) is 5.88 Å². The Hall–Kier alpha value is -3.66. The van der Waals surface area contributed by atoms with E-state index in [1.165, 1.54) is 0 Å². The Balaban J connectivity index is 1.47. The quantitative estimate of drug-likeness (QED) is 0.375. The summed E-state index contributed by atoms with van der Waals surface area (Å²) in [4.78, 5) is 42.2. The van der Waals surface area contributed by atoms with Crippen LogP contribution in [-0.2, 0) is 16.1 Å². The number of nitrogens with one attached hydrogen (secondary N) is 3. The fourth-order valence-electron chi connectivity index (χ4n) is 4.11. The number of carbonyl (C=O) groups is 3. The summed E-state index contributed by atoms with van der Waals surface area (Å²) in [6.45, 7) is 7.89. The van der Waals surface area contributed by atoms with Crippen LogP contribution < -0.4 is 20.7 Å². The van der Waals surface area contributed by atoms with Gasteiger partial charge in [-0.25, -0.2) is 9.78 Å². The number of hydrogen-bond acceptors (Lipinski definition) is 6. The molecule has 0 aliphatic carbocycles. The van der Waals surface area contributed by atoms with Gasteiger partial charge in [0, 0.05) is 49.7 Å². The molecule has 1 unspecified atom stereocenters. The number of ether oxygens (including phenoxy) is 1. The first-order chi connectivity index (χ1) is 17.2. The third-order valence-corrected chi connectivity index (χ3v) is 5.99. The van der Waals surface area contributed by atoms with Crippen molar-refractivity contribution in [1.29, 1.82) is 0 Å². The molecule has 1 aromatic carbocycles. The molecule has 2 heterocycles. The van der Waals surface area contributed by atoms with Crippen LogP contribution in [0.3, 0.4) is 0 Å². The number of benzene rings is 1. The van der Waals surface area contributed by atoms with E-state index in [-0.39, 0.29) is 30.9 Å². The fraction of sp³-hybridized carbons (Fsp3) is 0.462. The number of pyridine rings is 1. The number of urea groups is 1. The number of aryl methyl sites for hydroxylation is 2. The topological polar surface area (TPSA) is 133 Å². The molecule has 0 spiro atoms. The number of aliphatic carboxylic acids is 1. The molecule has 3 rings (SSSR count). The number of aromatic nitrogens is 1. The smallest absolute Gasteiger partial charge is 0.319 e. The van der Waals surface area contributed by atoms with Gasteiger partial charge in [0.05, 0.1) is 6.42 Å². The molecule has 2 aromatic rings. The predicted molar refractivity (Wildman–Crippen MR) is 136 cm³/mol. The summed E-state index contributed by atoms with van der Waals surface area (Å²) >= 11 is 0. The average Bonchev–Trinajstić information content (AvgIpc) is 3.28.